The predicted molar refractivity (Wildman–Crippen MR) is 133 cm³/mol. The van der Waals surface area contributed by atoms with Gasteiger partial charge < -0.3 is 24.8 Å². The van der Waals surface area contributed by atoms with Crippen molar-refractivity contribution in [3.63, 3.8) is 0 Å². The van der Waals surface area contributed by atoms with Crippen molar-refractivity contribution >= 4 is 36.0 Å². The average Bonchev–Trinajstić information content (AvgIpc) is 3.67. The van der Waals surface area contributed by atoms with Crippen LogP contribution in [0.3, 0.4) is 0 Å². The number of aryl methyl sites for hydroxylation is 1. The van der Waals surface area contributed by atoms with Gasteiger partial charge in [0.2, 0.25) is 0 Å². The van der Waals surface area contributed by atoms with Gasteiger partial charge in [-0.15, -0.1) is 0 Å². The fraction of sp³-hybridized carbons (Fsp3) is 0.292. The number of carbonyl (C=O) groups is 1. The Morgan fingerprint density at radius 1 is 1.12 bits per heavy atom. The Morgan fingerprint density at radius 3 is 2.29 bits per heavy atom. The summed E-state index contributed by atoms with van der Waals surface area (Å²) in [7, 11) is -0.0794. The summed E-state index contributed by atoms with van der Waals surface area (Å²) >= 11 is 5.59. The van der Waals surface area contributed by atoms with Gasteiger partial charge in [0.25, 0.3) is 0 Å². The van der Waals surface area contributed by atoms with Crippen LogP contribution in [0.1, 0.15) is 18.4 Å². The number of benzene rings is 2. The molecular formula is C24H29BClN3O5. The Labute approximate surface area is 205 Å². The lowest BCUT2D eigenvalue weighted by Crippen LogP contribution is -2.29. The Hall–Kier alpha value is -3.14. The van der Waals surface area contributed by atoms with Crippen LogP contribution in [0.25, 0.3) is 0 Å². The maximum atomic E-state index is 10.7. The average molecular weight is 486 g/mol. The normalized spacial score (nSPS) is 11.7. The molecule has 0 atom stereocenters. The summed E-state index contributed by atoms with van der Waals surface area (Å²) in [5.74, 6) is 1.65. The number of hydrogen-bond acceptors (Lipinski definition) is 8. The molecule has 4 rings (SSSR count). The Morgan fingerprint density at radius 2 is 1.79 bits per heavy atom. The number of carbonyl (C=O) groups excluding carboxylic acids is 1. The van der Waals surface area contributed by atoms with Crippen molar-refractivity contribution in [1.82, 2.24) is 9.97 Å². The van der Waals surface area contributed by atoms with E-state index < -0.39 is 7.12 Å². The maximum absolute atomic E-state index is 10.7. The van der Waals surface area contributed by atoms with Crippen LogP contribution in [0.15, 0.2) is 67.0 Å². The number of anilines is 1. The topological polar surface area (TPSA) is 114 Å². The number of halogens is 1. The van der Waals surface area contributed by atoms with E-state index in [1.54, 1.807) is 24.3 Å². The molecule has 3 N–H and O–H groups in total. The summed E-state index contributed by atoms with van der Waals surface area (Å²) in [5.41, 5.74) is 1.81. The van der Waals surface area contributed by atoms with Gasteiger partial charge in [0.05, 0.1) is 13.7 Å². The third-order valence-electron chi connectivity index (χ3n) is 4.58. The third kappa shape index (κ3) is 11.6. The van der Waals surface area contributed by atoms with Crippen molar-refractivity contribution in [3.05, 3.63) is 77.7 Å². The number of ether oxygens (including phenoxy) is 2. The van der Waals surface area contributed by atoms with Crippen LogP contribution >= 0.6 is 11.6 Å². The van der Waals surface area contributed by atoms with Crippen molar-refractivity contribution in [3.8, 4) is 5.75 Å². The number of methoxy groups -OCH3 is 1. The summed E-state index contributed by atoms with van der Waals surface area (Å²) in [6.45, 7) is 2.92. The highest BCUT2D eigenvalue weighted by Crippen LogP contribution is 2.29. The molecule has 10 heteroatoms. The van der Waals surface area contributed by atoms with Gasteiger partial charge >= 0.3 is 13.1 Å². The molecule has 8 nitrogen and oxygen atoms in total. The molecule has 0 saturated heterocycles. The zero-order valence-corrected chi connectivity index (χ0v) is 20.0. The second kappa shape index (κ2) is 14.9. The summed E-state index contributed by atoms with van der Waals surface area (Å²) in [6.07, 6.45) is 3.85. The SMILES string of the molecule is COC(=O)CNc1cc(Cl)ncn1.Cc1ccccc1.OB(O)c1ccc(OCC2CC2)cc1. The zero-order chi connectivity index (χ0) is 24.8. The van der Waals surface area contributed by atoms with E-state index in [0.717, 1.165) is 18.3 Å². The molecule has 180 valence electrons. The molecule has 0 bridgehead atoms. The second-order valence-corrected chi connectivity index (χ2v) is 7.89. The lowest BCUT2D eigenvalue weighted by Gasteiger charge is -2.05. The van der Waals surface area contributed by atoms with Crippen LogP contribution in [0.5, 0.6) is 5.75 Å². The summed E-state index contributed by atoms with van der Waals surface area (Å²) in [5, 5.41) is 20.8. The smallest absolute Gasteiger partial charge is 0.488 e. The highest BCUT2D eigenvalue weighted by Gasteiger charge is 2.21. The highest BCUT2D eigenvalue weighted by atomic mass is 35.5. The molecule has 0 unspecified atom stereocenters. The molecule has 1 saturated carbocycles. The van der Waals surface area contributed by atoms with E-state index in [0.29, 0.717) is 16.4 Å². The van der Waals surface area contributed by atoms with E-state index in [1.807, 2.05) is 18.2 Å². The van der Waals surface area contributed by atoms with Crippen LogP contribution in [0, 0.1) is 12.8 Å². The quantitative estimate of drug-likeness (QED) is 0.266. The maximum Gasteiger partial charge on any atom is 0.488 e. The van der Waals surface area contributed by atoms with Gasteiger partial charge in [-0.2, -0.15) is 0 Å². The van der Waals surface area contributed by atoms with Gasteiger partial charge in [0.1, 0.15) is 29.6 Å². The van der Waals surface area contributed by atoms with E-state index in [9.17, 15) is 4.79 Å². The number of esters is 1. The minimum atomic E-state index is -1.40. The molecule has 1 aliphatic rings. The van der Waals surface area contributed by atoms with E-state index in [1.165, 1.54) is 37.9 Å². The fourth-order valence-electron chi connectivity index (χ4n) is 2.43. The minimum Gasteiger partial charge on any atom is -0.493 e. The van der Waals surface area contributed by atoms with Gasteiger partial charge in [-0.3, -0.25) is 4.79 Å². The molecule has 34 heavy (non-hydrogen) atoms. The van der Waals surface area contributed by atoms with Crippen LogP contribution in [-0.2, 0) is 9.53 Å². The van der Waals surface area contributed by atoms with Crippen molar-refractivity contribution in [2.24, 2.45) is 5.92 Å². The predicted octanol–water partition coefficient (Wildman–Crippen LogP) is 2.87. The van der Waals surface area contributed by atoms with Crippen molar-refractivity contribution in [2.45, 2.75) is 19.8 Å². The van der Waals surface area contributed by atoms with Crippen molar-refractivity contribution < 1.29 is 24.3 Å². The van der Waals surface area contributed by atoms with Gasteiger partial charge in [-0.05, 0) is 43.3 Å². The summed E-state index contributed by atoms with van der Waals surface area (Å²) in [4.78, 5) is 18.2. The molecule has 1 fully saturated rings. The lowest BCUT2D eigenvalue weighted by atomic mass is 9.80. The Balaban J connectivity index is 0.000000190. The molecule has 3 aromatic rings. The number of rotatable bonds is 7. The van der Waals surface area contributed by atoms with Crippen LogP contribution in [0.4, 0.5) is 5.82 Å². The Bertz CT molecular complexity index is 989. The standard InChI is InChI=1S/C10H13BO3.C7H8ClN3O2.C7H8/c12-11(13)9-3-5-10(6-4-9)14-7-8-1-2-8;1-13-7(12)3-9-6-2-5(8)10-4-11-6;1-7-5-3-2-4-6-7/h3-6,8,12-13H,1-2,7H2;2,4H,3H2,1H3,(H,9,10,11);2-6H,1H3. The van der Waals surface area contributed by atoms with Crippen LogP contribution < -0.4 is 15.5 Å². The van der Waals surface area contributed by atoms with Gasteiger partial charge in [-0.1, -0.05) is 59.6 Å². The first kappa shape index (κ1) is 27.1. The summed E-state index contributed by atoms with van der Waals surface area (Å²) in [6, 6.07) is 18.6. The molecule has 0 aliphatic heterocycles. The molecule has 1 aliphatic carbocycles. The first-order valence-corrected chi connectivity index (χ1v) is 11.1. The highest BCUT2D eigenvalue weighted by molar-refractivity contribution is 6.58. The van der Waals surface area contributed by atoms with E-state index in [2.05, 4.69) is 39.1 Å². The van der Waals surface area contributed by atoms with Crippen molar-refractivity contribution in [2.75, 3.05) is 25.6 Å². The van der Waals surface area contributed by atoms with Crippen molar-refractivity contribution in [1.29, 1.82) is 0 Å². The fourth-order valence-corrected chi connectivity index (χ4v) is 2.58. The summed E-state index contributed by atoms with van der Waals surface area (Å²) < 4.78 is 9.93. The van der Waals surface area contributed by atoms with E-state index >= 15 is 0 Å². The number of hydrogen-bond donors (Lipinski definition) is 3. The largest absolute Gasteiger partial charge is 0.493 e. The zero-order valence-electron chi connectivity index (χ0n) is 19.2. The monoisotopic (exact) mass is 485 g/mol. The molecule has 2 aromatic carbocycles. The first-order chi connectivity index (χ1) is 16.4. The van der Waals surface area contributed by atoms with Gasteiger partial charge in [-0.25, -0.2) is 9.97 Å². The molecular weight excluding hydrogens is 457 g/mol. The van der Waals surface area contributed by atoms with Crippen LogP contribution in [0.2, 0.25) is 5.15 Å². The number of nitrogens with zero attached hydrogens (tertiary/aromatic N) is 2. The van der Waals surface area contributed by atoms with E-state index in [-0.39, 0.29) is 12.5 Å². The number of aromatic nitrogens is 2. The third-order valence-corrected chi connectivity index (χ3v) is 4.78. The van der Waals surface area contributed by atoms with Gasteiger partial charge in [0.15, 0.2) is 0 Å². The molecule has 1 heterocycles. The molecule has 1 aromatic heterocycles. The second-order valence-electron chi connectivity index (χ2n) is 7.51. The molecule has 0 spiro atoms. The Kier molecular flexibility index (Phi) is 11.9. The van der Waals surface area contributed by atoms with Crippen LogP contribution in [-0.4, -0.2) is 53.4 Å². The minimum absolute atomic E-state index is 0.0594. The molecule has 0 amide bonds. The first-order valence-electron chi connectivity index (χ1n) is 10.8. The van der Waals surface area contributed by atoms with E-state index in [4.69, 9.17) is 26.4 Å². The lowest BCUT2D eigenvalue weighted by molar-refractivity contribution is -0.138. The molecule has 0 radical (unpaired) electrons. The van der Waals surface area contributed by atoms with Gasteiger partial charge in [0, 0.05) is 6.07 Å². The number of nitrogens with one attached hydrogen (secondary N) is 1.